The number of piperidine rings is 2. The van der Waals surface area contributed by atoms with E-state index in [1.807, 2.05) is 12.1 Å². The highest BCUT2D eigenvalue weighted by atomic mass is 32.2. The second-order valence-electron chi connectivity index (χ2n) is 9.83. The predicted octanol–water partition coefficient (Wildman–Crippen LogP) is 4.28. The Labute approximate surface area is 223 Å². The van der Waals surface area contributed by atoms with E-state index in [-0.39, 0.29) is 11.8 Å². The number of benzene rings is 2. The number of pyridine rings is 1. The number of hydrogen-bond donors (Lipinski definition) is 1. The van der Waals surface area contributed by atoms with Crippen LogP contribution in [0, 0.1) is 5.92 Å². The molecule has 1 atom stereocenters. The zero-order valence-corrected chi connectivity index (χ0v) is 22.7. The molecule has 2 fully saturated rings. The van der Waals surface area contributed by atoms with Gasteiger partial charge in [-0.25, -0.2) is 13.4 Å². The summed E-state index contributed by atoms with van der Waals surface area (Å²) in [7, 11) is -0.363. The summed E-state index contributed by atoms with van der Waals surface area (Å²) >= 11 is 0. The van der Waals surface area contributed by atoms with Gasteiger partial charge in [-0.15, -0.1) is 0 Å². The SMILES string of the molecule is COc1ccc(NC(=O)C2CCCN(c3ccc4cc(S(=O)(=O)N5CCCCC5)ccc4n3)C2)cc1OC. The average molecular weight is 539 g/mol. The van der Waals surface area contributed by atoms with Crippen molar-refractivity contribution in [3.8, 4) is 11.5 Å². The van der Waals surface area contributed by atoms with Crippen molar-refractivity contribution in [1.82, 2.24) is 9.29 Å². The highest BCUT2D eigenvalue weighted by Gasteiger charge is 2.28. The average Bonchev–Trinajstić information content (AvgIpc) is 2.97. The zero-order chi connectivity index (χ0) is 26.7. The highest BCUT2D eigenvalue weighted by molar-refractivity contribution is 7.89. The summed E-state index contributed by atoms with van der Waals surface area (Å²) in [4.78, 5) is 20.3. The van der Waals surface area contributed by atoms with Gasteiger partial charge in [-0.2, -0.15) is 4.31 Å². The molecule has 0 bridgehead atoms. The van der Waals surface area contributed by atoms with E-state index >= 15 is 0 Å². The molecule has 1 aromatic heterocycles. The molecule has 0 aliphatic carbocycles. The number of ether oxygens (including phenoxy) is 2. The standard InChI is InChI=1S/C28H34N4O5S/c1-36-25-12-9-22(18-26(25)37-2)29-28(33)21-7-6-14-31(19-21)27-13-8-20-17-23(10-11-24(20)30-27)38(34,35)32-15-4-3-5-16-32/h8-13,17-18,21H,3-7,14-16,19H2,1-2H3,(H,29,33). The Morgan fingerprint density at radius 2 is 1.71 bits per heavy atom. The topological polar surface area (TPSA) is 101 Å². The van der Waals surface area contributed by atoms with Crippen LogP contribution < -0.4 is 19.7 Å². The maximum atomic E-state index is 13.1. The van der Waals surface area contributed by atoms with Crippen LogP contribution in [0.15, 0.2) is 53.4 Å². The third-order valence-corrected chi connectivity index (χ3v) is 9.26. The lowest BCUT2D eigenvalue weighted by molar-refractivity contribution is -0.120. The molecule has 0 saturated carbocycles. The van der Waals surface area contributed by atoms with Gasteiger partial charge in [0.2, 0.25) is 15.9 Å². The van der Waals surface area contributed by atoms with Crippen molar-refractivity contribution in [2.45, 2.75) is 37.0 Å². The summed E-state index contributed by atoms with van der Waals surface area (Å²) in [6, 6.07) is 14.3. The minimum absolute atomic E-state index is 0.0460. The second kappa shape index (κ2) is 11.2. The van der Waals surface area contributed by atoms with Crippen molar-refractivity contribution >= 4 is 38.3 Å². The Bertz CT molecular complexity index is 1420. The molecule has 2 aliphatic rings. The van der Waals surface area contributed by atoms with E-state index in [4.69, 9.17) is 14.5 Å². The molecule has 5 rings (SSSR count). The molecule has 2 aliphatic heterocycles. The van der Waals surface area contributed by atoms with Crippen molar-refractivity contribution in [1.29, 1.82) is 0 Å². The number of nitrogens with zero attached hydrogens (tertiary/aromatic N) is 3. The first-order valence-corrected chi connectivity index (χ1v) is 14.5. The van der Waals surface area contributed by atoms with E-state index in [2.05, 4.69) is 10.2 Å². The summed E-state index contributed by atoms with van der Waals surface area (Å²) in [5.74, 6) is 1.71. The van der Waals surface area contributed by atoms with Crippen molar-refractivity contribution in [3.05, 3.63) is 48.5 Å². The van der Waals surface area contributed by atoms with E-state index in [9.17, 15) is 13.2 Å². The first-order chi connectivity index (χ1) is 18.4. The number of fused-ring (bicyclic) bond motifs is 1. The molecule has 1 unspecified atom stereocenters. The van der Waals surface area contributed by atoms with Crippen molar-refractivity contribution < 1.29 is 22.7 Å². The van der Waals surface area contributed by atoms with E-state index < -0.39 is 10.0 Å². The fourth-order valence-corrected chi connectivity index (χ4v) is 6.79. The van der Waals surface area contributed by atoms with Crippen LogP contribution in [0.25, 0.3) is 10.9 Å². The van der Waals surface area contributed by atoms with Crippen molar-refractivity contribution in [2.75, 3.05) is 50.6 Å². The minimum Gasteiger partial charge on any atom is -0.493 e. The molecule has 1 amide bonds. The zero-order valence-electron chi connectivity index (χ0n) is 21.9. The van der Waals surface area contributed by atoms with Crippen LogP contribution in [0.2, 0.25) is 0 Å². The normalized spacial score (nSPS) is 18.8. The molecule has 10 heteroatoms. The number of sulfonamides is 1. The Kier molecular flexibility index (Phi) is 7.71. The molecule has 9 nitrogen and oxygen atoms in total. The summed E-state index contributed by atoms with van der Waals surface area (Å²) < 4.78 is 38.4. The lowest BCUT2D eigenvalue weighted by Gasteiger charge is -2.33. The van der Waals surface area contributed by atoms with Crippen LogP contribution in [0.4, 0.5) is 11.5 Å². The maximum Gasteiger partial charge on any atom is 0.243 e. The van der Waals surface area contributed by atoms with E-state index in [0.29, 0.717) is 41.7 Å². The van der Waals surface area contributed by atoms with Gasteiger partial charge in [0, 0.05) is 43.3 Å². The third-order valence-electron chi connectivity index (χ3n) is 7.37. The fourth-order valence-electron chi connectivity index (χ4n) is 5.24. The molecule has 0 spiro atoms. The maximum absolute atomic E-state index is 13.1. The number of methoxy groups -OCH3 is 2. The first-order valence-electron chi connectivity index (χ1n) is 13.1. The molecule has 0 radical (unpaired) electrons. The quantitative estimate of drug-likeness (QED) is 0.479. The number of anilines is 2. The molecule has 202 valence electrons. The van der Waals surface area contributed by atoms with Crippen LogP contribution in [0.3, 0.4) is 0 Å². The van der Waals surface area contributed by atoms with Crippen molar-refractivity contribution in [3.63, 3.8) is 0 Å². The van der Waals surface area contributed by atoms with Gasteiger partial charge in [0.25, 0.3) is 0 Å². The molecule has 3 aromatic rings. The molecule has 2 saturated heterocycles. The number of nitrogens with one attached hydrogen (secondary N) is 1. The molecule has 38 heavy (non-hydrogen) atoms. The van der Waals surface area contributed by atoms with Gasteiger partial charge in [-0.1, -0.05) is 6.42 Å². The summed E-state index contributed by atoms with van der Waals surface area (Å²) in [5, 5.41) is 3.79. The van der Waals surface area contributed by atoms with Gasteiger partial charge in [0.1, 0.15) is 5.82 Å². The first kappa shape index (κ1) is 26.2. The number of amides is 1. The van der Waals surface area contributed by atoms with Gasteiger partial charge in [0.15, 0.2) is 11.5 Å². The monoisotopic (exact) mass is 538 g/mol. The summed E-state index contributed by atoms with van der Waals surface area (Å²) in [6.45, 7) is 2.51. The molecular formula is C28H34N4O5S. The van der Waals surface area contributed by atoms with Gasteiger partial charge >= 0.3 is 0 Å². The van der Waals surface area contributed by atoms with Gasteiger partial charge in [-0.3, -0.25) is 4.79 Å². The largest absolute Gasteiger partial charge is 0.493 e. The minimum atomic E-state index is -3.50. The van der Waals surface area contributed by atoms with Gasteiger partial charge in [0.05, 0.1) is 30.5 Å². The van der Waals surface area contributed by atoms with Crippen LogP contribution in [0.1, 0.15) is 32.1 Å². The predicted molar refractivity (Wildman–Crippen MR) is 147 cm³/mol. The van der Waals surface area contributed by atoms with Crippen LogP contribution >= 0.6 is 0 Å². The summed E-state index contributed by atoms with van der Waals surface area (Å²) in [5.41, 5.74) is 1.39. The van der Waals surface area contributed by atoms with Crippen LogP contribution in [-0.4, -0.2) is 64.0 Å². The molecule has 3 heterocycles. The number of hydrogen-bond acceptors (Lipinski definition) is 7. The highest BCUT2D eigenvalue weighted by Crippen LogP contribution is 2.31. The molecular weight excluding hydrogens is 504 g/mol. The Balaban J connectivity index is 1.29. The van der Waals surface area contributed by atoms with Gasteiger partial charge in [-0.05, 0) is 68.1 Å². The molecule has 2 aromatic carbocycles. The fraction of sp³-hybridized carbons (Fsp3) is 0.429. The Morgan fingerprint density at radius 3 is 2.47 bits per heavy atom. The Morgan fingerprint density at radius 1 is 0.921 bits per heavy atom. The number of rotatable bonds is 7. The lowest BCUT2D eigenvalue weighted by atomic mass is 9.97. The van der Waals surface area contributed by atoms with E-state index in [1.165, 1.54) is 0 Å². The number of carbonyl (C=O) groups excluding carboxylic acids is 1. The van der Waals surface area contributed by atoms with E-state index in [0.717, 1.165) is 55.4 Å². The Hall–Kier alpha value is -3.37. The molecule has 1 N–H and O–H groups in total. The number of carbonyl (C=O) groups is 1. The van der Waals surface area contributed by atoms with Gasteiger partial charge < -0.3 is 19.7 Å². The summed E-state index contributed by atoms with van der Waals surface area (Å²) in [6.07, 6.45) is 4.55. The third kappa shape index (κ3) is 5.42. The van der Waals surface area contributed by atoms with Crippen LogP contribution in [-0.2, 0) is 14.8 Å². The number of aromatic nitrogens is 1. The second-order valence-corrected chi connectivity index (χ2v) is 11.8. The van der Waals surface area contributed by atoms with E-state index in [1.54, 1.807) is 54.9 Å². The van der Waals surface area contributed by atoms with Crippen LogP contribution in [0.5, 0.6) is 11.5 Å². The lowest BCUT2D eigenvalue weighted by Crippen LogP contribution is -2.41. The smallest absolute Gasteiger partial charge is 0.243 e. The van der Waals surface area contributed by atoms with Crippen molar-refractivity contribution in [2.24, 2.45) is 5.92 Å².